The van der Waals surface area contributed by atoms with Gasteiger partial charge in [-0.15, -0.1) is 0 Å². The molecular weight excluding hydrogens is 707 g/mol. The lowest BCUT2D eigenvalue weighted by Crippen LogP contribution is -2.18. The second-order valence-corrected chi connectivity index (χ2v) is 17.8. The lowest BCUT2D eigenvalue weighted by molar-refractivity contribution is 0.595. The highest BCUT2D eigenvalue weighted by molar-refractivity contribution is 6.28. The van der Waals surface area contributed by atoms with Gasteiger partial charge < -0.3 is 9.13 Å². The normalized spacial score (nSPS) is 12.7. The van der Waals surface area contributed by atoms with E-state index in [2.05, 4.69) is 170 Å². The Kier molecular flexibility index (Phi) is 7.31. The first-order valence-corrected chi connectivity index (χ1v) is 20.2. The molecule has 0 fully saturated rings. The van der Waals surface area contributed by atoms with Gasteiger partial charge in [0.15, 0.2) is 0 Å². The monoisotopic (exact) mass is 749 g/mol. The van der Waals surface area contributed by atoms with Gasteiger partial charge in [-0.05, 0) is 105 Å². The fourth-order valence-corrected chi connectivity index (χ4v) is 9.54. The van der Waals surface area contributed by atoms with E-state index in [-0.39, 0.29) is 10.8 Å². The van der Waals surface area contributed by atoms with E-state index in [1.165, 1.54) is 60.3 Å². The molecule has 2 aliphatic rings. The Balaban J connectivity index is 1.49. The van der Waals surface area contributed by atoms with Crippen molar-refractivity contribution in [1.82, 2.24) is 24.1 Å². The van der Waals surface area contributed by atoms with Crippen LogP contribution in [0.5, 0.6) is 0 Å². The van der Waals surface area contributed by atoms with Crippen LogP contribution >= 0.6 is 0 Å². The van der Waals surface area contributed by atoms with Crippen LogP contribution in [0.3, 0.4) is 0 Å². The number of para-hydroxylation sites is 1. The average molecular weight is 750 g/mol. The standard InChI is InChI=1S/C53H43N5/c1-52(2,3)41-26-45-50-49-40(41)23-36(33-16-13-21-55-29-33)25-44(49)58(47-31-56-30-34-14-10-11-19-38(34)47)46-27-42(53(4,5)6)39-22-35(32-15-12-20-54-28-32)24-43(48(39)51(46)50)57(45)37-17-8-7-9-18-37/h7-31H,1-6H3. The van der Waals surface area contributed by atoms with Crippen LogP contribution in [0.25, 0.3) is 99.1 Å². The van der Waals surface area contributed by atoms with E-state index >= 15 is 0 Å². The zero-order valence-corrected chi connectivity index (χ0v) is 33.7. The first-order chi connectivity index (χ1) is 28.1. The molecule has 5 nitrogen and oxygen atoms in total. The van der Waals surface area contributed by atoms with Crippen LogP contribution in [-0.4, -0.2) is 24.1 Å². The summed E-state index contributed by atoms with van der Waals surface area (Å²) in [6.07, 6.45) is 11.7. The predicted octanol–water partition coefficient (Wildman–Crippen LogP) is 13.7. The number of nitrogens with zero attached hydrogens (tertiary/aromatic N) is 5. The quantitative estimate of drug-likeness (QED) is 0.133. The molecule has 280 valence electrons. The van der Waals surface area contributed by atoms with E-state index in [0.29, 0.717) is 0 Å². The molecule has 0 unspecified atom stereocenters. The SMILES string of the molecule is CC(C)(C)c1cc2c3c4c1cc(-c1cccnc1)cc4n(-c1ccccc1)c1cc(C(C)(C)C)c4cc(-c5cccnc5)cc(c4c1-3)n2-c1cncc2ccccc12. The third-order valence-electron chi connectivity index (χ3n) is 12.1. The minimum Gasteiger partial charge on any atom is -0.309 e. The van der Waals surface area contributed by atoms with Crippen molar-refractivity contribution in [2.45, 2.75) is 52.4 Å². The Morgan fingerprint density at radius 3 is 1.50 bits per heavy atom. The molecule has 6 aromatic carbocycles. The minimum absolute atomic E-state index is 0.183. The Labute approximate surface area is 337 Å². The fraction of sp³-hybridized carbons (Fsp3) is 0.151. The van der Waals surface area contributed by atoms with Crippen molar-refractivity contribution in [1.29, 1.82) is 0 Å². The third-order valence-corrected chi connectivity index (χ3v) is 12.1. The van der Waals surface area contributed by atoms with Crippen LogP contribution in [0.4, 0.5) is 0 Å². The highest BCUT2D eigenvalue weighted by Crippen LogP contribution is 2.54. The Morgan fingerprint density at radius 2 is 0.948 bits per heavy atom. The zero-order chi connectivity index (χ0) is 39.5. The van der Waals surface area contributed by atoms with Gasteiger partial charge in [-0.1, -0.05) is 96.1 Å². The van der Waals surface area contributed by atoms with Gasteiger partial charge in [-0.2, -0.15) is 0 Å². The zero-order valence-electron chi connectivity index (χ0n) is 33.7. The van der Waals surface area contributed by atoms with E-state index in [4.69, 9.17) is 4.98 Å². The molecule has 11 rings (SSSR count). The number of benzene rings is 6. The van der Waals surface area contributed by atoms with Crippen molar-refractivity contribution in [2.24, 2.45) is 0 Å². The third kappa shape index (κ3) is 5.05. The molecule has 0 bridgehead atoms. The van der Waals surface area contributed by atoms with Crippen LogP contribution in [0, 0.1) is 0 Å². The summed E-state index contributed by atoms with van der Waals surface area (Å²) < 4.78 is 5.06. The fourth-order valence-electron chi connectivity index (χ4n) is 9.54. The van der Waals surface area contributed by atoms with Gasteiger partial charge in [0.05, 0.1) is 34.0 Å². The summed E-state index contributed by atoms with van der Waals surface area (Å²) >= 11 is 0. The molecule has 0 saturated carbocycles. The Morgan fingerprint density at radius 1 is 0.414 bits per heavy atom. The summed E-state index contributed by atoms with van der Waals surface area (Å²) in [5.41, 5.74) is 16.1. The van der Waals surface area contributed by atoms with E-state index in [1.807, 2.05) is 43.1 Å². The largest absolute Gasteiger partial charge is 0.309 e. The predicted molar refractivity (Wildman–Crippen MR) is 242 cm³/mol. The summed E-state index contributed by atoms with van der Waals surface area (Å²) in [4.78, 5) is 14.1. The number of rotatable bonds is 4. The number of hydrogen-bond donors (Lipinski definition) is 0. The molecule has 58 heavy (non-hydrogen) atoms. The van der Waals surface area contributed by atoms with E-state index in [1.54, 1.807) is 0 Å². The highest BCUT2D eigenvalue weighted by Gasteiger charge is 2.33. The lowest BCUT2D eigenvalue weighted by Gasteiger charge is -2.34. The van der Waals surface area contributed by atoms with Crippen LogP contribution < -0.4 is 0 Å². The molecule has 0 atom stereocenters. The van der Waals surface area contributed by atoms with Crippen LogP contribution in [0.15, 0.2) is 152 Å². The molecular formula is C53H43N5. The van der Waals surface area contributed by atoms with Gasteiger partial charge in [0, 0.05) is 80.5 Å². The highest BCUT2D eigenvalue weighted by atomic mass is 15.0. The van der Waals surface area contributed by atoms with Gasteiger partial charge in [0.2, 0.25) is 0 Å². The van der Waals surface area contributed by atoms with Crippen molar-refractivity contribution in [3.8, 4) is 44.8 Å². The van der Waals surface area contributed by atoms with E-state index < -0.39 is 0 Å². The van der Waals surface area contributed by atoms with Gasteiger partial charge in [0.1, 0.15) is 0 Å². The van der Waals surface area contributed by atoms with E-state index in [0.717, 1.165) is 49.9 Å². The smallest absolute Gasteiger partial charge is 0.0723 e. The molecule has 0 radical (unpaired) electrons. The molecule has 0 aliphatic carbocycles. The van der Waals surface area contributed by atoms with Gasteiger partial charge in [0.25, 0.3) is 0 Å². The molecule has 5 heteroatoms. The van der Waals surface area contributed by atoms with Crippen molar-refractivity contribution >= 4 is 54.4 Å². The first-order valence-electron chi connectivity index (χ1n) is 20.2. The van der Waals surface area contributed by atoms with Crippen molar-refractivity contribution in [3.63, 3.8) is 0 Å². The van der Waals surface area contributed by atoms with Crippen molar-refractivity contribution in [3.05, 3.63) is 164 Å². The summed E-state index contributed by atoms with van der Waals surface area (Å²) in [6, 6.07) is 42.6. The number of fused-ring (bicyclic) bond motifs is 1. The maximum atomic E-state index is 4.91. The first kappa shape index (κ1) is 34.4. The number of pyridine rings is 5. The summed E-state index contributed by atoms with van der Waals surface area (Å²) in [6.45, 7) is 14.1. The molecule has 0 N–H and O–H groups in total. The van der Waals surface area contributed by atoms with Crippen molar-refractivity contribution in [2.75, 3.05) is 0 Å². The van der Waals surface area contributed by atoms with Crippen molar-refractivity contribution < 1.29 is 0 Å². The number of aromatic nitrogens is 5. The topological polar surface area (TPSA) is 48.5 Å². The summed E-state index contributed by atoms with van der Waals surface area (Å²) in [5.74, 6) is 0. The van der Waals surface area contributed by atoms with E-state index in [9.17, 15) is 0 Å². The molecule has 5 heterocycles. The molecule has 2 aliphatic heterocycles. The number of hydrogen-bond acceptors (Lipinski definition) is 3. The molecule has 0 saturated heterocycles. The second-order valence-electron chi connectivity index (χ2n) is 17.8. The lowest BCUT2D eigenvalue weighted by atomic mass is 9.76. The molecule has 9 aromatic rings. The maximum absolute atomic E-state index is 4.91. The Bertz CT molecular complexity index is 3320. The average Bonchev–Trinajstić information content (AvgIpc) is 3.24. The molecule has 0 spiro atoms. The Hall–Kier alpha value is -6.85. The van der Waals surface area contributed by atoms with Crippen LogP contribution in [-0.2, 0) is 10.8 Å². The second kappa shape index (κ2) is 12.3. The van der Waals surface area contributed by atoms with Gasteiger partial charge in [-0.3, -0.25) is 15.0 Å². The molecule has 0 amide bonds. The van der Waals surface area contributed by atoms with Crippen LogP contribution in [0.2, 0.25) is 0 Å². The minimum atomic E-state index is -0.191. The van der Waals surface area contributed by atoms with Gasteiger partial charge >= 0.3 is 0 Å². The van der Waals surface area contributed by atoms with Crippen LogP contribution in [0.1, 0.15) is 52.7 Å². The summed E-state index contributed by atoms with van der Waals surface area (Å²) in [5, 5.41) is 7.29. The van der Waals surface area contributed by atoms with Gasteiger partial charge in [-0.25, -0.2) is 0 Å². The molecule has 3 aromatic heterocycles. The summed E-state index contributed by atoms with van der Waals surface area (Å²) in [7, 11) is 0. The maximum Gasteiger partial charge on any atom is 0.0723 e.